The van der Waals surface area contributed by atoms with Gasteiger partial charge in [0, 0.05) is 23.6 Å². The Bertz CT molecular complexity index is 938. The number of esters is 1. The Labute approximate surface area is 153 Å². The molecule has 0 atom stereocenters. The molecule has 1 aromatic heterocycles. The topological polar surface area (TPSA) is 68.3 Å². The molecule has 26 heavy (non-hydrogen) atoms. The third-order valence-corrected chi connectivity index (χ3v) is 4.30. The fourth-order valence-corrected chi connectivity index (χ4v) is 3.08. The minimum atomic E-state index is -0.451. The molecule has 0 spiro atoms. The molecule has 0 aliphatic heterocycles. The van der Waals surface area contributed by atoms with Crippen molar-refractivity contribution in [1.29, 1.82) is 0 Å². The van der Waals surface area contributed by atoms with Crippen LogP contribution in [0.4, 0.5) is 10.1 Å². The van der Waals surface area contributed by atoms with Crippen molar-refractivity contribution in [3.63, 3.8) is 0 Å². The zero-order chi connectivity index (χ0) is 18.5. The minimum Gasteiger partial charge on any atom is -0.426 e. The van der Waals surface area contributed by atoms with Crippen molar-refractivity contribution in [3.8, 4) is 16.3 Å². The van der Waals surface area contributed by atoms with Crippen molar-refractivity contribution in [2.45, 2.75) is 13.3 Å². The molecule has 2 aromatic carbocycles. The number of aromatic nitrogens is 1. The zero-order valence-corrected chi connectivity index (χ0v) is 14.7. The molecule has 132 valence electrons. The molecule has 3 rings (SSSR count). The predicted molar refractivity (Wildman–Crippen MR) is 97.6 cm³/mol. The first-order chi connectivity index (χ1) is 12.5. The van der Waals surface area contributed by atoms with Gasteiger partial charge >= 0.3 is 5.97 Å². The minimum absolute atomic E-state index is 0.0132. The lowest BCUT2D eigenvalue weighted by atomic mass is 10.2. The standard InChI is InChI=1S/C19H15FN2O3S/c1-12(23)21-15-5-7-17(8-6-15)25-18(24)10-16-11-26-19(22-16)13-3-2-4-14(20)9-13/h2-9,11H,10H2,1H3,(H,21,23). The molecule has 5 nitrogen and oxygen atoms in total. The van der Waals surface area contributed by atoms with Crippen LogP contribution in [0.5, 0.6) is 5.75 Å². The van der Waals surface area contributed by atoms with Gasteiger partial charge in [0.05, 0.1) is 12.1 Å². The number of rotatable bonds is 5. The molecule has 0 fully saturated rings. The van der Waals surface area contributed by atoms with Crippen molar-refractivity contribution >= 4 is 28.9 Å². The van der Waals surface area contributed by atoms with Crippen LogP contribution in [0, 0.1) is 5.82 Å². The third-order valence-electron chi connectivity index (χ3n) is 3.36. The van der Waals surface area contributed by atoms with Crippen LogP contribution in [0.25, 0.3) is 10.6 Å². The highest BCUT2D eigenvalue weighted by Gasteiger charge is 2.11. The molecule has 0 saturated carbocycles. The lowest BCUT2D eigenvalue weighted by Crippen LogP contribution is -2.11. The van der Waals surface area contributed by atoms with E-state index in [9.17, 15) is 14.0 Å². The second-order valence-corrected chi connectivity index (χ2v) is 6.37. The third kappa shape index (κ3) is 4.73. The molecule has 3 aromatic rings. The highest BCUT2D eigenvalue weighted by Crippen LogP contribution is 2.24. The first-order valence-corrected chi connectivity index (χ1v) is 8.66. The molecule has 1 N–H and O–H groups in total. The summed E-state index contributed by atoms with van der Waals surface area (Å²) in [5.74, 6) is -0.577. The average Bonchev–Trinajstić information content (AvgIpc) is 3.04. The molecule has 0 aliphatic carbocycles. The number of benzene rings is 2. The number of ether oxygens (including phenoxy) is 1. The molecule has 0 unspecified atom stereocenters. The lowest BCUT2D eigenvalue weighted by Gasteiger charge is -2.05. The average molecular weight is 370 g/mol. The quantitative estimate of drug-likeness (QED) is 0.543. The van der Waals surface area contributed by atoms with Gasteiger partial charge in [-0.3, -0.25) is 9.59 Å². The maximum atomic E-state index is 13.3. The largest absolute Gasteiger partial charge is 0.426 e. The summed E-state index contributed by atoms with van der Waals surface area (Å²) >= 11 is 1.34. The molecule has 7 heteroatoms. The molecule has 1 heterocycles. The first kappa shape index (κ1) is 17.8. The Morgan fingerprint density at radius 2 is 1.96 bits per heavy atom. The summed E-state index contributed by atoms with van der Waals surface area (Å²) < 4.78 is 18.6. The van der Waals surface area contributed by atoms with E-state index in [-0.39, 0.29) is 18.1 Å². The fraction of sp³-hybridized carbons (Fsp3) is 0.105. The summed E-state index contributed by atoms with van der Waals surface area (Å²) in [6.45, 7) is 1.42. The number of thiazole rings is 1. The second kappa shape index (κ2) is 7.88. The Hall–Kier alpha value is -3.06. The second-order valence-electron chi connectivity index (χ2n) is 5.51. The van der Waals surface area contributed by atoms with E-state index in [0.29, 0.717) is 27.7 Å². The predicted octanol–water partition coefficient (Wildman–Crippen LogP) is 4.06. The van der Waals surface area contributed by atoms with E-state index in [1.807, 2.05) is 0 Å². The molecule has 0 aliphatic rings. The maximum absolute atomic E-state index is 13.3. The van der Waals surface area contributed by atoms with Crippen molar-refractivity contribution in [1.82, 2.24) is 4.98 Å². The number of carbonyl (C=O) groups is 2. The van der Waals surface area contributed by atoms with Gasteiger partial charge in [0.15, 0.2) is 0 Å². The van der Waals surface area contributed by atoms with Crippen LogP contribution in [-0.2, 0) is 16.0 Å². The van der Waals surface area contributed by atoms with Crippen LogP contribution in [0.15, 0.2) is 53.9 Å². The number of hydrogen-bond acceptors (Lipinski definition) is 5. The Morgan fingerprint density at radius 1 is 1.19 bits per heavy atom. The molecule has 0 bridgehead atoms. The van der Waals surface area contributed by atoms with Crippen LogP contribution < -0.4 is 10.1 Å². The molecule has 0 saturated heterocycles. The molecule has 0 radical (unpaired) electrons. The van der Waals surface area contributed by atoms with Crippen LogP contribution >= 0.6 is 11.3 Å². The highest BCUT2D eigenvalue weighted by molar-refractivity contribution is 7.13. The summed E-state index contributed by atoms with van der Waals surface area (Å²) in [5.41, 5.74) is 1.86. The van der Waals surface area contributed by atoms with Gasteiger partial charge < -0.3 is 10.1 Å². The van der Waals surface area contributed by atoms with Gasteiger partial charge in [0.2, 0.25) is 5.91 Å². The summed E-state index contributed by atoms with van der Waals surface area (Å²) in [6.07, 6.45) is 0.0132. The first-order valence-electron chi connectivity index (χ1n) is 7.78. The van der Waals surface area contributed by atoms with E-state index in [2.05, 4.69) is 10.3 Å². The van der Waals surface area contributed by atoms with Gasteiger partial charge in [-0.25, -0.2) is 9.37 Å². The Balaban J connectivity index is 1.61. The summed E-state index contributed by atoms with van der Waals surface area (Å²) in [4.78, 5) is 27.4. The number of anilines is 1. The molecular weight excluding hydrogens is 355 g/mol. The van der Waals surface area contributed by atoms with Crippen LogP contribution in [0.1, 0.15) is 12.6 Å². The summed E-state index contributed by atoms with van der Waals surface area (Å²) in [7, 11) is 0. The number of nitrogens with one attached hydrogen (secondary N) is 1. The number of amides is 1. The lowest BCUT2D eigenvalue weighted by molar-refractivity contribution is -0.133. The number of nitrogens with zero attached hydrogens (tertiary/aromatic N) is 1. The summed E-state index contributed by atoms with van der Waals surface area (Å²) in [5, 5.41) is 5.03. The summed E-state index contributed by atoms with van der Waals surface area (Å²) in [6, 6.07) is 12.6. The van der Waals surface area contributed by atoms with Crippen molar-refractivity contribution in [2.75, 3.05) is 5.32 Å². The number of halogens is 1. The van der Waals surface area contributed by atoms with Crippen LogP contribution in [0.2, 0.25) is 0 Å². The van der Waals surface area contributed by atoms with Gasteiger partial charge in [-0.1, -0.05) is 12.1 Å². The zero-order valence-electron chi connectivity index (χ0n) is 13.9. The number of hydrogen-bond donors (Lipinski definition) is 1. The van der Waals surface area contributed by atoms with Gasteiger partial charge in [-0.2, -0.15) is 0 Å². The van der Waals surface area contributed by atoms with E-state index in [1.165, 1.54) is 30.4 Å². The van der Waals surface area contributed by atoms with E-state index >= 15 is 0 Å². The van der Waals surface area contributed by atoms with Crippen molar-refractivity contribution in [2.24, 2.45) is 0 Å². The normalized spacial score (nSPS) is 10.4. The molecular formula is C19H15FN2O3S. The van der Waals surface area contributed by atoms with Gasteiger partial charge in [-0.05, 0) is 36.4 Å². The molecule has 1 amide bonds. The van der Waals surface area contributed by atoms with E-state index in [1.54, 1.807) is 41.8 Å². The van der Waals surface area contributed by atoms with E-state index in [4.69, 9.17) is 4.74 Å². The highest BCUT2D eigenvalue weighted by atomic mass is 32.1. The van der Waals surface area contributed by atoms with Crippen molar-refractivity contribution < 1.29 is 18.7 Å². The van der Waals surface area contributed by atoms with E-state index in [0.717, 1.165) is 0 Å². The van der Waals surface area contributed by atoms with Gasteiger partial charge in [-0.15, -0.1) is 11.3 Å². The van der Waals surface area contributed by atoms with Gasteiger partial charge in [0.1, 0.15) is 16.6 Å². The van der Waals surface area contributed by atoms with Crippen LogP contribution in [0.3, 0.4) is 0 Å². The fourth-order valence-electron chi connectivity index (χ4n) is 2.27. The van der Waals surface area contributed by atoms with Crippen molar-refractivity contribution in [3.05, 3.63) is 65.4 Å². The monoisotopic (exact) mass is 370 g/mol. The Morgan fingerprint density at radius 3 is 2.65 bits per heavy atom. The maximum Gasteiger partial charge on any atom is 0.317 e. The SMILES string of the molecule is CC(=O)Nc1ccc(OC(=O)Cc2csc(-c3cccc(F)c3)n2)cc1. The Kier molecular flexibility index (Phi) is 5.38. The van der Waals surface area contributed by atoms with Crippen LogP contribution in [-0.4, -0.2) is 16.9 Å². The van der Waals surface area contributed by atoms with E-state index < -0.39 is 5.97 Å². The number of carbonyl (C=O) groups excluding carboxylic acids is 2. The van der Waals surface area contributed by atoms with Gasteiger partial charge in [0.25, 0.3) is 0 Å². The smallest absolute Gasteiger partial charge is 0.317 e.